The molecule has 0 fully saturated rings. The van der Waals surface area contributed by atoms with Gasteiger partial charge in [0.25, 0.3) is 5.91 Å². The van der Waals surface area contributed by atoms with Crippen LogP contribution in [0.4, 0.5) is 4.39 Å². The van der Waals surface area contributed by atoms with Crippen molar-refractivity contribution in [1.29, 1.82) is 0 Å². The number of rotatable bonds is 7. The minimum absolute atomic E-state index is 0.127. The van der Waals surface area contributed by atoms with Gasteiger partial charge in [0.15, 0.2) is 0 Å². The summed E-state index contributed by atoms with van der Waals surface area (Å²) in [6, 6.07) is 13.5. The summed E-state index contributed by atoms with van der Waals surface area (Å²) in [5, 5.41) is 13.6. The number of amides is 1. The van der Waals surface area contributed by atoms with Gasteiger partial charge in [-0.1, -0.05) is 29.8 Å². The summed E-state index contributed by atoms with van der Waals surface area (Å²) < 4.78 is 42.4. The van der Waals surface area contributed by atoms with Crippen molar-refractivity contribution < 1.29 is 22.7 Å². The van der Waals surface area contributed by atoms with Crippen molar-refractivity contribution in [1.82, 2.24) is 20.0 Å². The van der Waals surface area contributed by atoms with Crippen LogP contribution in [0.1, 0.15) is 21.6 Å². The van der Waals surface area contributed by atoms with Crippen molar-refractivity contribution in [2.45, 2.75) is 18.0 Å². The predicted octanol–water partition coefficient (Wildman–Crippen LogP) is 3.54. The molecule has 0 spiro atoms. The number of benzene rings is 2. The van der Waals surface area contributed by atoms with Crippen LogP contribution in [0, 0.1) is 5.82 Å². The molecule has 0 aliphatic carbocycles. The van der Waals surface area contributed by atoms with E-state index in [1.807, 2.05) is 0 Å². The predicted molar refractivity (Wildman–Crippen MR) is 124 cm³/mol. The van der Waals surface area contributed by atoms with Crippen LogP contribution in [0.5, 0.6) is 5.75 Å². The van der Waals surface area contributed by atoms with Gasteiger partial charge in [0, 0.05) is 29.3 Å². The quantitative estimate of drug-likeness (QED) is 0.357. The van der Waals surface area contributed by atoms with Gasteiger partial charge in [0.1, 0.15) is 22.0 Å². The lowest BCUT2D eigenvalue weighted by molar-refractivity contribution is 0.0948. The number of sulfonamides is 1. The van der Waals surface area contributed by atoms with E-state index in [1.165, 1.54) is 6.20 Å². The largest absolute Gasteiger partial charge is 0.506 e. The Labute approximate surface area is 199 Å². The van der Waals surface area contributed by atoms with E-state index in [9.17, 15) is 22.7 Å². The van der Waals surface area contributed by atoms with Crippen molar-refractivity contribution in [3.63, 3.8) is 0 Å². The lowest BCUT2D eigenvalue weighted by atomic mass is 10.1. The summed E-state index contributed by atoms with van der Waals surface area (Å²) in [5.41, 5.74) is 0.824. The molecule has 2 aromatic heterocycles. The summed E-state index contributed by atoms with van der Waals surface area (Å²) in [7, 11) is -4.22. The topological polar surface area (TPSA) is 121 Å². The monoisotopic (exact) mass is 500 g/mol. The Kier molecular flexibility index (Phi) is 6.73. The van der Waals surface area contributed by atoms with Crippen LogP contribution in [-0.2, 0) is 23.1 Å². The van der Waals surface area contributed by atoms with Crippen LogP contribution in [-0.4, -0.2) is 29.4 Å². The molecule has 0 saturated heterocycles. The average molecular weight is 501 g/mol. The zero-order valence-electron chi connectivity index (χ0n) is 17.5. The number of aromatic hydroxyl groups is 1. The van der Waals surface area contributed by atoms with Gasteiger partial charge in [-0.3, -0.25) is 14.8 Å². The first-order chi connectivity index (χ1) is 16.2. The van der Waals surface area contributed by atoms with Crippen LogP contribution >= 0.6 is 11.6 Å². The second kappa shape index (κ2) is 9.72. The Hall–Kier alpha value is -3.60. The standard InChI is InChI=1S/C23H18ClFN4O4S/c24-15-6-4-14(5-7-15)11-28-23(31)19-13-27-21-18(22(19)30)9-16(25)10-20(21)34(32,33)29-12-17-3-1-2-8-26-17/h1-10,13,29H,11-12H2,(H,27,30)(H,28,31). The minimum Gasteiger partial charge on any atom is -0.506 e. The number of aromatic nitrogens is 2. The first-order valence-corrected chi connectivity index (χ1v) is 11.8. The van der Waals surface area contributed by atoms with Crippen LogP contribution < -0.4 is 10.0 Å². The Balaban J connectivity index is 1.62. The lowest BCUT2D eigenvalue weighted by Crippen LogP contribution is -2.25. The number of hydrogen-bond acceptors (Lipinski definition) is 6. The van der Waals surface area contributed by atoms with E-state index >= 15 is 0 Å². The van der Waals surface area contributed by atoms with E-state index < -0.39 is 32.4 Å². The van der Waals surface area contributed by atoms with Crippen molar-refractivity contribution in [3.8, 4) is 5.75 Å². The molecule has 2 heterocycles. The maximum absolute atomic E-state index is 14.4. The number of fused-ring (bicyclic) bond motifs is 1. The molecule has 11 heteroatoms. The van der Waals surface area contributed by atoms with Crippen molar-refractivity contribution in [2.24, 2.45) is 0 Å². The summed E-state index contributed by atoms with van der Waals surface area (Å²) in [4.78, 5) is 20.2. The summed E-state index contributed by atoms with van der Waals surface area (Å²) in [6.45, 7) is 0.0199. The number of nitrogens with one attached hydrogen (secondary N) is 2. The molecule has 0 atom stereocenters. The molecule has 4 aromatic rings. The number of hydrogen-bond donors (Lipinski definition) is 3. The van der Waals surface area contributed by atoms with E-state index in [1.54, 1.807) is 42.5 Å². The van der Waals surface area contributed by atoms with E-state index in [2.05, 4.69) is 20.0 Å². The first-order valence-electron chi connectivity index (χ1n) is 9.98. The first kappa shape index (κ1) is 23.6. The van der Waals surface area contributed by atoms with Gasteiger partial charge in [-0.05, 0) is 42.0 Å². The van der Waals surface area contributed by atoms with Gasteiger partial charge in [-0.2, -0.15) is 0 Å². The third-order valence-electron chi connectivity index (χ3n) is 4.94. The summed E-state index contributed by atoms with van der Waals surface area (Å²) >= 11 is 5.85. The molecule has 1 amide bonds. The molecule has 0 aliphatic rings. The lowest BCUT2D eigenvalue weighted by Gasteiger charge is -2.12. The van der Waals surface area contributed by atoms with Gasteiger partial charge in [0.2, 0.25) is 10.0 Å². The fourth-order valence-electron chi connectivity index (χ4n) is 3.22. The number of halogens is 2. The van der Waals surface area contributed by atoms with Crippen molar-refractivity contribution >= 4 is 38.4 Å². The van der Waals surface area contributed by atoms with Crippen molar-refractivity contribution in [2.75, 3.05) is 0 Å². The third kappa shape index (κ3) is 5.14. The maximum Gasteiger partial charge on any atom is 0.256 e. The van der Waals surface area contributed by atoms with Gasteiger partial charge in [0.05, 0.1) is 17.8 Å². The molecule has 0 unspecified atom stereocenters. The zero-order valence-corrected chi connectivity index (χ0v) is 19.1. The highest BCUT2D eigenvalue weighted by Crippen LogP contribution is 2.32. The Morgan fingerprint density at radius 1 is 1.06 bits per heavy atom. The Morgan fingerprint density at radius 3 is 2.53 bits per heavy atom. The normalized spacial score (nSPS) is 11.5. The Bertz CT molecular complexity index is 1470. The molecule has 0 saturated carbocycles. The van der Waals surface area contributed by atoms with Crippen molar-refractivity contribution in [3.05, 3.63) is 94.7 Å². The van der Waals surface area contributed by atoms with Gasteiger partial charge >= 0.3 is 0 Å². The van der Waals surface area contributed by atoms with Gasteiger partial charge in [-0.25, -0.2) is 17.5 Å². The number of carbonyl (C=O) groups excluding carboxylic acids is 1. The van der Waals surface area contributed by atoms with Gasteiger partial charge < -0.3 is 10.4 Å². The van der Waals surface area contributed by atoms with E-state index in [0.29, 0.717) is 10.7 Å². The maximum atomic E-state index is 14.4. The SMILES string of the molecule is O=C(NCc1ccc(Cl)cc1)c1cnc2c(S(=O)(=O)NCc3ccccn3)cc(F)cc2c1O. The number of nitrogens with zero attached hydrogens (tertiary/aromatic N) is 2. The van der Waals surface area contributed by atoms with Crippen LogP contribution in [0.15, 0.2) is 71.9 Å². The number of pyridine rings is 2. The molecular formula is C23H18ClFN4O4S. The average Bonchev–Trinajstić information content (AvgIpc) is 2.83. The van der Waals surface area contributed by atoms with Crippen LogP contribution in [0.3, 0.4) is 0 Å². The molecular weight excluding hydrogens is 483 g/mol. The molecule has 174 valence electrons. The second-order valence-corrected chi connectivity index (χ2v) is 9.45. The Morgan fingerprint density at radius 2 is 1.82 bits per heavy atom. The smallest absolute Gasteiger partial charge is 0.256 e. The highest BCUT2D eigenvalue weighted by atomic mass is 35.5. The fraction of sp³-hybridized carbons (Fsp3) is 0.0870. The van der Waals surface area contributed by atoms with Crippen LogP contribution in [0.2, 0.25) is 5.02 Å². The molecule has 0 aliphatic heterocycles. The van der Waals surface area contributed by atoms with Crippen LogP contribution in [0.25, 0.3) is 10.9 Å². The molecule has 8 nitrogen and oxygen atoms in total. The molecule has 2 aromatic carbocycles. The highest BCUT2D eigenvalue weighted by molar-refractivity contribution is 7.89. The second-order valence-electron chi connectivity index (χ2n) is 7.28. The van der Waals surface area contributed by atoms with E-state index in [-0.39, 0.29) is 29.6 Å². The fourth-order valence-corrected chi connectivity index (χ4v) is 4.53. The van der Waals surface area contributed by atoms with Gasteiger partial charge in [-0.15, -0.1) is 0 Å². The number of carbonyl (C=O) groups is 1. The minimum atomic E-state index is -4.22. The molecule has 4 rings (SSSR count). The molecule has 0 radical (unpaired) electrons. The summed E-state index contributed by atoms with van der Waals surface area (Å²) in [5.74, 6) is -2.16. The third-order valence-corrected chi connectivity index (χ3v) is 6.61. The van der Waals surface area contributed by atoms with E-state index in [4.69, 9.17) is 11.6 Å². The molecule has 34 heavy (non-hydrogen) atoms. The highest BCUT2D eigenvalue weighted by Gasteiger charge is 2.24. The van der Waals surface area contributed by atoms with E-state index in [0.717, 1.165) is 23.9 Å². The molecule has 0 bridgehead atoms. The summed E-state index contributed by atoms with van der Waals surface area (Å²) in [6.07, 6.45) is 2.56. The zero-order chi connectivity index (χ0) is 24.3. The molecule has 3 N–H and O–H groups in total.